The number of nitrogens with zero attached hydrogens (tertiary/aromatic N) is 4. The number of hydrogen-bond acceptors (Lipinski definition) is 5. The first-order valence-corrected chi connectivity index (χ1v) is 9.32. The van der Waals surface area contributed by atoms with Gasteiger partial charge in [-0.15, -0.1) is 10.2 Å². The van der Waals surface area contributed by atoms with E-state index in [2.05, 4.69) is 49.4 Å². The highest BCUT2D eigenvalue weighted by Crippen LogP contribution is 2.22. The number of benzene rings is 1. The summed E-state index contributed by atoms with van der Waals surface area (Å²) in [5.74, 6) is 0.598. The van der Waals surface area contributed by atoms with Gasteiger partial charge in [0.15, 0.2) is 5.16 Å². The van der Waals surface area contributed by atoms with Gasteiger partial charge < -0.3 is 5.32 Å². The molecule has 2 heterocycles. The van der Waals surface area contributed by atoms with Crippen molar-refractivity contribution >= 4 is 39.4 Å². The Kier molecular flexibility index (Phi) is 5.50. The zero-order valence-corrected chi connectivity index (χ0v) is 16.1. The van der Waals surface area contributed by atoms with Crippen LogP contribution < -0.4 is 5.32 Å². The number of anilines is 1. The maximum absolute atomic E-state index is 12.1. The van der Waals surface area contributed by atoms with Gasteiger partial charge in [-0.25, -0.2) is 4.98 Å². The lowest BCUT2D eigenvalue weighted by Crippen LogP contribution is -2.15. The van der Waals surface area contributed by atoms with E-state index in [9.17, 15) is 4.79 Å². The van der Waals surface area contributed by atoms with Crippen LogP contribution in [0.4, 0.5) is 5.82 Å². The molecule has 25 heavy (non-hydrogen) atoms. The van der Waals surface area contributed by atoms with Crippen LogP contribution in [-0.4, -0.2) is 31.4 Å². The molecule has 1 amide bonds. The quantitative estimate of drug-likeness (QED) is 0.639. The van der Waals surface area contributed by atoms with Crippen LogP contribution in [0.1, 0.15) is 11.1 Å². The third-order valence-corrected chi connectivity index (χ3v) is 4.87. The average Bonchev–Trinajstić information content (AvgIpc) is 3.03. The fourth-order valence-electron chi connectivity index (χ4n) is 2.32. The van der Waals surface area contributed by atoms with E-state index in [4.69, 9.17) is 0 Å². The Labute approximate surface area is 158 Å². The summed E-state index contributed by atoms with van der Waals surface area (Å²) < 4.78 is 2.76. The van der Waals surface area contributed by atoms with Gasteiger partial charge in [-0.2, -0.15) is 0 Å². The zero-order valence-electron chi connectivity index (χ0n) is 13.7. The summed E-state index contributed by atoms with van der Waals surface area (Å²) in [4.78, 5) is 16.2. The molecule has 8 heteroatoms. The average molecular weight is 418 g/mol. The Hall–Kier alpha value is -2.19. The van der Waals surface area contributed by atoms with E-state index in [-0.39, 0.29) is 11.7 Å². The standard InChI is InChI=1S/C17H16BrN5OS/c1-11-3-5-14(12(2)7-11)23-10-20-22-17(23)25-9-16(24)21-15-6-4-13(18)8-19-15/h3-8,10H,9H2,1-2H3,(H,19,21,24). The molecular formula is C17H16BrN5OS. The Morgan fingerprint density at radius 2 is 2.12 bits per heavy atom. The summed E-state index contributed by atoms with van der Waals surface area (Å²) >= 11 is 4.64. The minimum absolute atomic E-state index is 0.144. The molecule has 0 atom stereocenters. The number of halogens is 1. The molecule has 6 nitrogen and oxygen atoms in total. The number of thioether (sulfide) groups is 1. The highest BCUT2D eigenvalue weighted by molar-refractivity contribution is 9.10. The molecule has 3 aromatic rings. The van der Waals surface area contributed by atoms with E-state index >= 15 is 0 Å². The topological polar surface area (TPSA) is 72.7 Å². The smallest absolute Gasteiger partial charge is 0.236 e. The number of hydrogen-bond donors (Lipinski definition) is 1. The fraction of sp³-hybridized carbons (Fsp3) is 0.176. The maximum Gasteiger partial charge on any atom is 0.236 e. The summed E-state index contributed by atoms with van der Waals surface area (Å²) in [6.07, 6.45) is 3.30. The number of carbonyl (C=O) groups excluding carboxylic acids is 1. The van der Waals surface area contributed by atoms with Crippen molar-refractivity contribution in [1.29, 1.82) is 0 Å². The predicted octanol–water partition coefficient (Wildman–Crippen LogP) is 3.77. The lowest BCUT2D eigenvalue weighted by Gasteiger charge is -2.10. The zero-order chi connectivity index (χ0) is 17.8. The van der Waals surface area contributed by atoms with Crippen LogP contribution in [0, 0.1) is 13.8 Å². The van der Waals surface area contributed by atoms with Crippen molar-refractivity contribution in [3.63, 3.8) is 0 Å². The van der Waals surface area contributed by atoms with Gasteiger partial charge in [0.25, 0.3) is 0 Å². The normalized spacial score (nSPS) is 10.7. The molecule has 128 valence electrons. The van der Waals surface area contributed by atoms with E-state index in [0.717, 1.165) is 15.7 Å². The molecule has 1 N–H and O–H groups in total. The fourth-order valence-corrected chi connectivity index (χ4v) is 3.28. The van der Waals surface area contributed by atoms with Crippen molar-refractivity contribution < 1.29 is 4.79 Å². The van der Waals surface area contributed by atoms with Gasteiger partial charge in [0, 0.05) is 10.7 Å². The Bertz CT molecular complexity index is 894. The number of amides is 1. The molecule has 0 spiro atoms. The number of carbonyl (C=O) groups is 1. The van der Waals surface area contributed by atoms with Crippen molar-refractivity contribution in [3.8, 4) is 5.69 Å². The first-order chi connectivity index (χ1) is 12.0. The largest absolute Gasteiger partial charge is 0.310 e. The van der Waals surface area contributed by atoms with Crippen LogP contribution in [0.2, 0.25) is 0 Å². The van der Waals surface area contributed by atoms with Gasteiger partial charge in [-0.05, 0) is 53.5 Å². The summed E-state index contributed by atoms with van der Waals surface area (Å²) in [5.41, 5.74) is 3.34. The van der Waals surface area contributed by atoms with Crippen molar-refractivity contribution in [3.05, 3.63) is 58.5 Å². The summed E-state index contributed by atoms with van der Waals surface area (Å²) in [5, 5.41) is 11.5. The van der Waals surface area contributed by atoms with Gasteiger partial charge in [0.05, 0.1) is 11.4 Å². The number of aryl methyl sites for hydroxylation is 2. The predicted molar refractivity (Wildman–Crippen MR) is 102 cm³/mol. The monoisotopic (exact) mass is 417 g/mol. The van der Waals surface area contributed by atoms with E-state index in [1.54, 1.807) is 18.6 Å². The van der Waals surface area contributed by atoms with E-state index in [1.165, 1.54) is 17.3 Å². The van der Waals surface area contributed by atoms with Crippen LogP contribution >= 0.6 is 27.7 Å². The SMILES string of the molecule is Cc1ccc(-n2cnnc2SCC(=O)Nc2ccc(Br)cn2)c(C)c1. The summed E-state index contributed by atoms with van der Waals surface area (Å²) in [7, 11) is 0. The van der Waals surface area contributed by atoms with Crippen LogP contribution in [0.3, 0.4) is 0 Å². The van der Waals surface area contributed by atoms with Crippen LogP contribution in [0.25, 0.3) is 5.69 Å². The van der Waals surface area contributed by atoms with Crippen LogP contribution in [-0.2, 0) is 4.79 Å². The minimum atomic E-state index is -0.144. The molecule has 0 aliphatic carbocycles. The van der Waals surface area contributed by atoms with Crippen molar-refractivity contribution in [1.82, 2.24) is 19.7 Å². The van der Waals surface area contributed by atoms with Gasteiger partial charge >= 0.3 is 0 Å². The van der Waals surface area contributed by atoms with Gasteiger partial charge in [-0.3, -0.25) is 9.36 Å². The molecule has 0 saturated heterocycles. The van der Waals surface area contributed by atoms with Crippen molar-refractivity contribution in [2.75, 3.05) is 11.1 Å². The van der Waals surface area contributed by atoms with Crippen molar-refractivity contribution in [2.45, 2.75) is 19.0 Å². The highest BCUT2D eigenvalue weighted by Gasteiger charge is 2.12. The molecule has 3 rings (SSSR count). The molecule has 0 unspecified atom stereocenters. The minimum Gasteiger partial charge on any atom is -0.310 e. The lowest BCUT2D eigenvalue weighted by atomic mass is 10.1. The number of nitrogens with one attached hydrogen (secondary N) is 1. The van der Waals surface area contributed by atoms with Gasteiger partial charge in [-0.1, -0.05) is 29.5 Å². The summed E-state index contributed by atoms with van der Waals surface area (Å²) in [6, 6.07) is 9.75. The van der Waals surface area contributed by atoms with Gasteiger partial charge in [0.2, 0.25) is 5.91 Å². The molecule has 0 fully saturated rings. The Balaban J connectivity index is 1.67. The first kappa shape index (κ1) is 17.6. The van der Waals surface area contributed by atoms with E-state index in [0.29, 0.717) is 11.0 Å². The lowest BCUT2D eigenvalue weighted by molar-refractivity contribution is -0.113. The summed E-state index contributed by atoms with van der Waals surface area (Å²) in [6.45, 7) is 4.10. The Morgan fingerprint density at radius 3 is 2.84 bits per heavy atom. The molecule has 1 aromatic carbocycles. The number of rotatable bonds is 5. The molecule has 0 radical (unpaired) electrons. The maximum atomic E-state index is 12.1. The highest BCUT2D eigenvalue weighted by atomic mass is 79.9. The third kappa shape index (κ3) is 4.46. The molecule has 0 bridgehead atoms. The molecule has 0 saturated carbocycles. The second kappa shape index (κ2) is 7.79. The molecular weight excluding hydrogens is 402 g/mol. The van der Waals surface area contributed by atoms with Crippen LogP contribution in [0.15, 0.2) is 52.5 Å². The van der Waals surface area contributed by atoms with Crippen LogP contribution in [0.5, 0.6) is 0 Å². The molecule has 0 aliphatic rings. The first-order valence-electron chi connectivity index (χ1n) is 7.55. The second-order valence-corrected chi connectivity index (χ2v) is 7.33. The number of pyridine rings is 1. The third-order valence-electron chi connectivity index (χ3n) is 3.46. The second-order valence-electron chi connectivity index (χ2n) is 5.47. The number of aromatic nitrogens is 4. The molecule has 2 aromatic heterocycles. The Morgan fingerprint density at radius 1 is 1.28 bits per heavy atom. The van der Waals surface area contributed by atoms with Crippen molar-refractivity contribution in [2.24, 2.45) is 0 Å². The van der Waals surface area contributed by atoms with Gasteiger partial charge in [0.1, 0.15) is 12.1 Å². The molecule has 0 aliphatic heterocycles. The van der Waals surface area contributed by atoms with E-state index < -0.39 is 0 Å². The van der Waals surface area contributed by atoms with E-state index in [1.807, 2.05) is 29.7 Å².